The van der Waals surface area contributed by atoms with E-state index in [-0.39, 0.29) is 23.9 Å². The van der Waals surface area contributed by atoms with Gasteiger partial charge in [-0.3, -0.25) is 0 Å². The highest BCUT2D eigenvalue weighted by Crippen LogP contribution is 2.39. The Hall–Kier alpha value is -2.95. The highest BCUT2D eigenvalue weighted by atomic mass is 16.5. The Bertz CT molecular complexity index is 1380. The van der Waals surface area contributed by atoms with Crippen molar-refractivity contribution in [1.29, 1.82) is 0 Å². The zero-order chi connectivity index (χ0) is 27.2. The topological polar surface area (TPSA) is 127 Å². The van der Waals surface area contributed by atoms with E-state index < -0.39 is 5.76 Å². The Morgan fingerprint density at radius 1 is 1.02 bits per heavy atom. The van der Waals surface area contributed by atoms with Crippen molar-refractivity contribution in [1.82, 2.24) is 29.7 Å². The van der Waals surface area contributed by atoms with E-state index in [0.717, 1.165) is 49.1 Å². The minimum atomic E-state index is -0.620. The summed E-state index contributed by atoms with van der Waals surface area (Å²) >= 11 is 0. The van der Waals surface area contributed by atoms with Crippen molar-refractivity contribution >= 4 is 22.9 Å². The number of fused-ring (bicyclic) bond motifs is 2. The van der Waals surface area contributed by atoms with Gasteiger partial charge in [0.1, 0.15) is 5.52 Å². The summed E-state index contributed by atoms with van der Waals surface area (Å²) < 4.78 is 13.9. The lowest BCUT2D eigenvalue weighted by Gasteiger charge is -2.44. The number of morpholine rings is 1. The molecule has 2 N–H and O–H groups in total. The smallest absolute Gasteiger partial charge is 0.384 e. The van der Waals surface area contributed by atoms with Crippen molar-refractivity contribution in [3.8, 4) is 11.7 Å². The van der Waals surface area contributed by atoms with Gasteiger partial charge in [0, 0.05) is 19.1 Å². The number of rotatable bonds is 7. The van der Waals surface area contributed by atoms with E-state index in [1.807, 2.05) is 0 Å². The first kappa shape index (κ1) is 26.0. The van der Waals surface area contributed by atoms with Crippen LogP contribution in [0.15, 0.2) is 9.21 Å². The number of anilines is 2. The van der Waals surface area contributed by atoms with E-state index >= 15 is 0 Å². The standard InChI is InChI=1S/C29H42N8O3/c1-17-10-12-19(13-11-17)16-37-23-24(30-18(2)20-6-5-7-20)31-26(27-34-35-29(38)40-27)32-25(23)33-28(37)36-14-15-39-22-9-4-3-8-21(22)36/h17-22H,3-16H2,1-2H3,(H,35,38)(H,30,31,32). The molecule has 4 aliphatic rings. The van der Waals surface area contributed by atoms with Gasteiger partial charge in [-0.2, -0.15) is 4.98 Å². The van der Waals surface area contributed by atoms with Gasteiger partial charge in [-0.1, -0.05) is 39.0 Å². The molecule has 0 radical (unpaired) electrons. The Kier molecular flexibility index (Phi) is 7.01. The van der Waals surface area contributed by atoms with Gasteiger partial charge in [0.2, 0.25) is 11.8 Å². The van der Waals surface area contributed by atoms with Crippen LogP contribution in [0.3, 0.4) is 0 Å². The van der Waals surface area contributed by atoms with Gasteiger partial charge in [-0.05, 0) is 63.2 Å². The van der Waals surface area contributed by atoms with Crippen molar-refractivity contribution in [2.45, 2.75) is 109 Å². The number of aromatic nitrogens is 6. The van der Waals surface area contributed by atoms with Gasteiger partial charge >= 0.3 is 5.76 Å². The summed E-state index contributed by atoms with van der Waals surface area (Å²) in [5.41, 5.74) is 1.57. The molecular weight excluding hydrogens is 508 g/mol. The highest BCUT2D eigenvalue weighted by molar-refractivity contribution is 5.87. The molecule has 7 rings (SSSR count). The Balaban J connectivity index is 1.36. The summed E-state index contributed by atoms with van der Waals surface area (Å²) in [6.45, 7) is 7.05. The molecule has 0 bridgehead atoms. The number of ether oxygens (including phenoxy) is 1. The maximum atomic E-state index is 11.8. The van der Waals surface area contributed by atoms with Crippen molar-refractivity contribution < 1.29 is 9.15 Å². The normalized spacial score (nSPS) is 28.3. The first-order valence-electron chi connectivity index (χ1n) is 15.5. The molecule has 3 aromatic heterocycles. The van der Waals surface area contributed by atoms with Gasteiger partial charge < -0.3 is 23.9 Å². The summed E-state index contributed by atoms with van der Waals surface area (Å²) in [4.78, 5) is 29.3. The van der Waals surface area contributed by atoms with Crippen LogP contribution in [0.2, 0.25) is 0 Å². The first-order valence-corrected chi connectivity index (χ1v) is 15.5. The quantitative estimate of drug-likeness (QED) is 0.429. The number of hydrogen-bond acceptors (Lipinski definition) is 9. The molecule has 4 fully saturated rings. The largest absolute Gasteiger partial charge is 0.434 e. The van der Waals surface area contributed by atoms with Crippen LogP contribution in [-0.2, 0) is 11.3 Å². The number of nitrogens with one attached hydrogen (secondary N) is 2. The number of aromatic amines is 1. The summed E-state index contributed by atoms with van der Waals surface area (Å²) in [7, 11) is 0. The Morgan fingerprint density at radius 3 is 2.60 bits per heavy atom. The SMILES string of the molecule is CC1CCC(Cn2c(N3CCOC4CCCCC43)nc3nc(-c4n[nH]c(=O)o4)nc(NC(C)C4CCC4)c32)CC1. The number of nitrogens with zero attached hydrogens (tertiary/aromatic N) is 6. The van der Waals surface area contributed by atoms with Crippen molar-refractivity contribution in [2.75, 3.05) is 23.4 Å². The summed E-state index contributed by atoms with van der Waals surface area (Å²) in [6.07, 6.45) is 13.7. The Morgan fingerprint density at radius 2 is 1.85 bits per heavy atom. The summed E-state index contributed by atoms with van der Waals surface area (Å²) in [6, 6.07) is 0.589. The molecule has 11 heteroatoms. The molecule has 3 aromatic rings. The number of imidazole rings is 1. The average Bonchev–Trinajstić information content (AvgIpc) is 3.52. The Labute approximate surface area is 234 Å². The highest BCUT2D eigenvalue weighted by Gasteiger charge is 2.38. The van der Waals surface area contributed by atoms with E-state index in [4.69, 9.17) is 24.1 Å². The predicted molar refractivity (Wildman–Crippen MR) is 152 cm³/mol. The van der Waals surface area contributed by atoms with Crippen LogP contribution >= 0.6 is 0 Å². The van der Waals surface area contributed by atoms with E-state index in [1.165, 1.54) is 57.8 Å². The van der Waals surface area contributed by atoms with Gasteiger partial charge in [0.15, 0.2) is 11.5 Å². The van der Waals surface area contributed by atoms with Crippen LogP contribution < -0.4 is 16.0 Å². The summed E-state index contributed by atoms with van der Waals surface area (Å²) in [5.74, 6) is 3.48. The fourth-order valence-corrected chi connectivity index (χ4v) is 7.33. The molecule has 0 amide bonds. The van der Waals surface area contributed by atoms with Gasteiger partial charge in [0.25, 0.3) is 5.89 Å². The molecule has 216 valence electrons. The fraction of sp³-hybridized carbons (Fsp3) is 0.759. The monoisotopic (exact) mass is 550 g/mol. The molecule has 40 heavy (non-hydrogen) atoms. The second-order valence-electron chi connectivity index (χ2n) is 12.7. The molecule has 3 unspecified atom stereocenters. The minimum Gasteiger partial charge on any atom is -0.384 e. The minimum absolute atomic E-state index is 0.0855. The van der Waals surface area contributed by atoms with E-state index in [2.05, 4.69) is 38.8 Å². The van der Waals surface area contributed by atoms with E-state index in [1.54, 1.807) is 0 Å². The molecule has 0 spiro atoms. The van der Waals surface area contributed by atoms with Crippen molar-refractivity contribution in [3.63, 3.8) is 0 Å². The maximum Gasteiger partial charge on any atom is 0.434 e. The van der Waals surface area contributed by atoms with Gasteiger partial charge in [-0.25, -0.2) is 19.9 Å². The predicted octanol–water partition coefficient (Wildman–Crippen LogP) is 4.74. The van der Waals surface area contributed by atoms with E-state index in [0.29, 0.717) is 30.1 Å². The van der Waals surface area contributed by atoms with Crippen LogP contribution in [0.25, 0.3) is 22.9 Å². The molecule has 1 aliphatic heterocycles. The zero-order valence-corrected chi connectivity index (χ0v) is 23.8. The third kappa shape index (κ3) is 4.90. The molecular formula is C29H42N8O3. The first-order chi connectivity index (χ1) is 19.5. The molecule has 3 saturated carbocycles. The third-order valence-electron chi connectivity index (χ3n) is 10.00. The molecule has 3 atom stereocenters. The second-order valence-corrected chi connectivity index (χ2v) is 12.7. The average molecular weight is 551 g/mol. The summed E-state index contributed by atoms with van der Waals surface area (Å²) in [5, 5.41) is 10.1. The maximum absolute atomic E-state index is 11.8. The van der Waals surface area contributed by atoms with E-state index in [9.17, 15) is 4.79 Å². The van der Waals surface area contributed by atoms with Crippen molar-refractivity contribution in [2.24, 2.45) is 17.8 Å². The van der Waals surface area contributed by atoms with Gasteiger partial charge in [0.05, 0.1) is 18.8 Å². The van der Waals surface area contributed by atoms with Crippen LogP contribution in [0.1, 0.15) is 84.5 Å². The molecule has 3 aliphatic carbocycles. The number of H-pyrrole nitrogens is 1. The van der Waals surface area contributed by atoms with Crippen LogP contribution in [0.4, 0.5) is 11.8 Å². The second kappa shape index (κ2) is 10.8. The van der Waals surface area contributed by atoms with Crippen molar-refractivity contribution in [3.05, 3.63) is 10.6 Å². The van der Waals surface area contributed by atoms with Crippen LogP contribution in [0, 0.1) is 17.8 Å². The lowest BCUT2D eigenvalue weighted by atomic mass is 9.80. The zero-order valence-electron chi connectivity index (χ0n) is 23.8. The van der Waals surface area contributed by atoms with Crippen LogP contribution in [0.5, 0.6) is 0 Å². The van der Waals surface area contributed by atoms with Crippen LogP contribution in [-0.4, -0.2) is 61.1 Å². The fourth-order valence-electron chi connectivity index (χ4n) is 7.33. The molecule has 11 nitrogen and oxygen atoms in total. The lowest BCUT2D eigenvalue weighted by molar-refractivity contribution is -0.00958. The third-order valence-corrected chi connectivity index (χ3v) is 10.00. The molecule has 1 saturated heterocycles. The molecule has 4 heterocycles. The molecule has 0 aromatic carbocycles. The number of hydrogen-bond donors (Lipinski definition) is 2. The van der Waals surface area contributed by atoms with Gasteiger partial charge in [-0.15, -0.1) is 5.10 Å². The lowest BCUT2D eigenvalue weighted by Crippen LogP contribution is -2.53.